The lowest BCUT2D eigenvalue weighted by molar-refractivity contribution is 0.0766. The summed E-state index contributed by atoms with van der Waals surface area (Å²) in [5.41, 5.74) is 0.0282. The summed E-state index contributed by atoms with van der Waals surface area (Å²) in [4.78, 5) is 0. The van der Waals surface area contributed by atoms with Crippen molar-refractivity contribution in [2.45, 2.75) is 83.7 Å². The van der Waals surface area contributed by atoms with Gasteiger partial charge in [0.15, 0.2) is 0 Å². The van der Waals surface area contributed by atoms with Crippen LogP contribution in [0.25, 0.3) is 0 Å². The normalized spacial score (nSPS) is 29.8. The fourth-order valence-electron chi connectivity index (χ4n) is 3.58. The van der Waals surface area contributed by atoms with Gasteiger partial charge in [0.1, 0.15) is 0 Å². The van der Waals surface area contributed by atoms with Gasteiger partial charge in [0.25, 0.3) is 0 Å². The molecule has 2 nitrogen and oxygen atoms in total. The number of nitrogens with one attached hydrogen (secondary N) is 1. The average Bonchev–Trinajstić information content (AvgIpc) is 2.63. The first-order valence-electron chi connectivity index (χ1n) is 7.57. The number of rotatable bonds is 4. The SMILES string of the molecule is CCCCB1N[C@H](C2CCCCC2)C(C)(C)O1. The van der Waals surface area contributed by atoms with Crippen LogP contribution in [0.4, 0.5) is 0 Å². The van der Waals surface area contributed by atoms with Crippen molar-refractivity contribution in [3.05, 3.63) is 0 Å². The fraction of sp³-hybridized carbons (Fsp3) is 1.00. The summed E-state index contributed by atoms with van der Waals surface area (Å²) in [6, 6.07) is 0.574. The molecule has 1 aliphatic heterocycles. The molecule has 1 saturated carbocycles. The molecule has 1 heterocycles. The van der Waals surface area contributed by atoms with E-state index in [2.05, 4.69) is 26.0 Å². The number of hydrogen-bond acceptors (Lipinski definition) is 2. The van der Waals surface area contributed by atoms with Crippen LogP contribution in [0.5, 0.6) is 0 Å². The molecule has 0 spiro atoms. The molecule has 1 atom stereocenters. The van der Waals surface area contributed by atoms with Crippen molar-refractivity contribution in [1.29, 1.82) is 0 Å². The molecule has 98 valence electrons. The predicted octanol–water partition coefficient (Wildman–Crippen LogP) is 3.62. The van der Waals surface area contributed by atoms with Crippen molar-refractivity contribution in [2.24, 2.45) is 5.92 Å². The lowest BCUT2D eigenvalue weighted by atomic mass is 9.75. The van der Waals surface area contributed by atoms with Gasteiger partial charge < -0.3 is 9.88 Å². The van der Waals surface area contributed by atoms with Crippen LogP contribution in [0.2, 0.25) is 6.32 Å². The predicted molar refractivity (Wildman–Crippen MR) is 74.1 cm³/mol. The van der Waals surface area contributed by atoms with Gasteiger partial charge in [-0.1, -0.05) is 39.0 Å². The Morgan fingerprint density at radius 2 is 1.94 bits per heavy atom. The highest BCUT2D eigenvalue weighted by atomic mass is 16.5. The van der Waals surface area contributed by atoms with Gasteiger partial charge in [0.2, 0.25) is 0 Å². The Morgan fingerprint density at radius 3 is 2.59 bits per heavy atom. The molecule has 1 saturated heterocycles. The van der Waals surface area contributed by atoms with Crippen LogP contribution < -0.4 is 5.23 Å². The second-order valence-corrected chi connectivity index (χ2v) is 6.39. The van der Waals surface area contributed by atoms with Crippen LogP contribution in [0, 0.1) is 5.92 Å². The van der Waals surface area contributed by atoms with Gasteiger partial charge in [-0.15, -0.1) is 0 Å². The molecule has 17 heavy (non-hydrogen) atoms. The molecule has 1 N–H and O–H groups in total. The van der Waals surface area contributed by atoms with Crippen LogP contribution in [-0.4, -0.2) is 18.7 Å². The maximum Gasteiger partial charge on any atom is 0.380 e. The summed E-state index contributed by atoms with van der Waals surface area (Å²) in [7, 11) is 0.303. The first kappa shape index (κ1) is 13.4. The maximum atomic E-state index is 6.21. The summed E-state index contributed by atoms with van der Waals surface area (Å²) in [6.07, 6.45) is 10.8. The van der Waals surface area contributed by atoms with E-state index in [1.54, 1.807) is 0 Å². The van der Waals surface area contributed by atoms with Gasteiger partial charge in [0.05, 0.1) is 5.60 Å². The van der Waals surface area contributed by atoms with E-state index in [0.29, 0.717) is 13.1 Å². The molecule has 2 aliphatic rings. The van der Waals surface area contributed by atoms with Crippen LogP contribution in [0.15, 0.2) is 0 Å². The van der Waals surface area contributed by atoms with Gasteiger partial charge in [0, 0.05) is 6.04 Å². The molecule has 0 aromatic heterocycles. The summed E-state index contributed by atoms with van der Waals surface area (Å²) in [5.74, 6) is 0.838. The fourth-order valence-corrected chi connectivity index (χ4v) is 3.58. The molecule has 0 radical (unpaired) electrons. The Morgan fingerprint density at radius 1 is 1.24 bits per heavy atom. The minimum atomic E-state index is 0.0282. The second-order valence-electron chi connectivity index (χ2n) is 6.39. The van der Waals surface area contributed by atoms with E-state index in [-0.39, 0.29) is 5.60 Å². The molecule has 3 heteroatoms. The van der Waals surface area contributed by atoms with Gasteiger partial charge in [-0.3, -0.25) is 0 Å². The first-order chi connectivity index (χ1) is 8.13. The van der Waals surface area contributed by atoms with Crippen molar-refractivity contribution < 1.29 is 4.65 Å². The highest BCUT2D eigenvalue weighted by molar-refractivity contribution is 6.50. The van der Waals surface area contributed by atoms with Crippen LogP contribution in [0.1, 0.15) is 65.7 Å². The Kier molecular flexibility index (Phi) is 4.54. The molecule has 0 bridgehead atoms. The molecule has 0 unspecified atom stereocenters. The number of unbranched alkanes of at least 4 members (excludes halogenated alkanes) is 1. The molecule has 2 rings (SSSR count). The average molecular weight is 237 g/mol. The van der Waals surface area contributed by atoms with E-state index in [1.165, 1.54) is 51.3 Å². The summed E-state index contributed by atoms with van der Waals surface area (Å²) < 4.78 is 6.21. The van der Waals surface area contributed by atoms with Gasteiger partial charge >= 0.3 is 7.05 Å². The van der Waals surface area contributed by atoms with Gasteiger partial charge in [-0.25, -0.2) is 0 Å². The van der Waals surface area contributed by atoms with Crippen LogP contribution in [-0.2, 0) is 4.65 Å². The minimum Gasteiger partial charge on any atom is -0.415 e. The third-order valence-electron chi connectivity index (χ3n) is 4.50. The molecule has 1 aliphatic carbocycles. The maximum absolute atomic E-state index is 6.21. The Balaban J connectivity index is 1.91. The Hall–Kier alpha value is -0.0151. The van der Waals surface area contributed by atoms with E-state index in [4.69, 9.17) is 4.65 Å². The van der Waals surface area contributed by atoms with Crippen molar-refractivity contribution in [2.75, 3.05) is 0 Å². The van der Waals surface area contributed by atoms with E-state index in [1.807, 2.05) is 0 Å². The zero-order valence-corrected chi connectivity index (χ0v) is 11.8. The molecule has 2 fully saturated rings. The largest absolute Gasteiger partial charge is 0.415 e. The monoisotopic (exact) mass is 237 g/mol. The van der Waals surface area contributed by atoms with Crippen molar-refractivity contribution in [3.63, 3.8) is 0 Å². The molecule has 0 aromatic carbocycles. The van der Waals surface area contributed by atoms with E-state index >= 15 is 0 Å². The topological polar surface area (TPSA) is 21.3 Å². The first-order valence-corrected chi connectivity index (χ1v) is 7.57. The second kappa shape index (κ2) is 5.75. The molecular formula is C14H28BNO. The minimum absolute atomic E-state index is 0.0282. The summed E-state index contributed by atoms with van der Waals surface area (Å²) in [6.45, 7) is 6.79. The van der Waals surface area contributed by atoms with Crippen LogP contribution in [0.3, 0.4) is 0 Å². The van der Waals surface area contributed by atoms with Crippen molar-refractivity contribution in [1.82, 2.24) is 5.23 Å². The highest BCUT2D eigenvalue weighted by Gasteiger charge is 2.46. The summed E-state index contributed by atoms with van der Waals surface area (Å²) in [5, 5.41) is 3.76. The molecule has 0 aromatic rings. The lowest BCUT2D eigenvalue weighted by Gasteiger charge is -2.35. The van der Waals surface area contributed by atoms with E-state index in [9.17, 15) is 0 Å². The standard InChI is InChI=1S/C14H28BNO/c1-4-5-11-15-16-13(14(2,3)17-15)12-9-7-6-8-10-12/h12-13,16H,4-11H2,1-3H3/t13-/m1/s1. The molecule has 0 amide bonds. The van der Waals surface area contributed by atoms with Crippen LogP contribution >= 0.6 is 0 Å². The van der Waals surface area contributed by atoms with Crippen molar-refractivity contribution >= 4 is 7.05 Å². The van der Waals surface area contributed by atoms with Gasteiger partial charge in [-0.2, -0.15) is 0 Å². The highest BCUT2D eigenvalue weighted by Crippen LogP contribution is 2.36. The zero-order chi connectivity index (χ0) is 12.3. The van der Waals surface area contributed by atoms with E-state index in [0.717, 1.165) is 5.92 Å². The van der Waals surface area contributed by atoms with E-state index < -0.39 is 0 Å². The summed E-state index contributed by atoms with van der Waals surface area (Å²) >= 11 is 0. The quantitative estimate of drug-likeness (QED) is 0.754. The Labute approximate surface area is 107 Å². The number of hydrogen-bond donors (Lipinski definition) is 1. The smallest absolute Gasteiger partial charge is 0.380 e. The van der Waals surface area contributed by atoms with Crippen molar-refractivity contribution in [3.8, 4) is 0 Å². The van der Waals surface area contributed by atoms with Gasteiger partial charge in [-0.05, 0) is 38.9 Å². The third-order valence-corrected chi connectivity index (χ3v) is 4.50. The lowest BCUT2D eigenvalue weighted by Crippen LogP contribution is -2.46. The molecular weight excluding hydrogens is 209 g/mol. The Bertz CT molecular complexity index is 238. The zero-order valence-electron chi connectivity index (χ0n) is 11.8. The third kappa shape index (κ3) is 3.26.